The number of amides is 1. The molecular weight excluding hydrogens is 392 g/mol. The van der Waals surface area contributed by atoms with E-state index in [4.69, 9.17) is 0 Å². The monoisotopic (exact) mass is 404 g/mol. The van der Waals surface area contributed by atoms with Crippen LogP contribution in [0.15, 0.2) is 45.9 Å². The first-order valence-electron chi connectivity index (χ1n) is 7.56. The number of carbonyl (C=O) groups excluding carboxylic acids is 2. The van der Waals surface area contributed by atoms with E-state index in [0.717, 1.165) is 24.0 Å². The molecule has 1 aliphatic heterocycles. The summed E-state index contributed by atoms with van der Waals surface area (Å²) in [6, 6.07) is 6.98. The summed E-state index contributed by atoms with van der Waals surface area (Å²) in [6.45, 7) is 0. The van der Waals surface area contributed by atoms with Gasteiger partial charge in [0.1, 0.15) is 5.75 Å². The molecule has 1 atom stereocenters. The highest BCUT2D eigenvalue weighted by Gasteiger charge is 2.32. The number of nitrogens with zero attached hydrogens (tertiary/aromatic N) is 3. The van der Waals surface area contributed by atoms with Crippen molar-refractivity contribution < 1.29 is 19.6 Å². The summed E-state index contributed by atoms with van der Waals surface area (Å²) < 4.78 is 0. The maximum Gasteiger partial charge on any atom is 0.270 e. The van der Waals surface area contributed by atoms with E-state index in [9.17, 15) is 24.8 Å². The SMILES string of the molecule is O=C(CC1S/C(=N/N=C/c2cc([N+](=O)[O-])ccc2O)NC1=O)c1cccs1. The summed E-state index contributed by atoms with van der Waals surface area (Å²) in [5.41, 5.74) is -0.0788. The molecule has 27 heavy (non-hydrogen) atoms. The minimum Gasteiger partial charge on any atom is -0.507 e. The fraction of sp³-hybridized carbons (Fsp3) is 0.125. The van der Waals surface area contributed by atoms with Crippen molar-refractivity contribution in [1.29, 1.82) is 0 Å². The number of nitro groups is 1. The van der Waals surface area contributed by atoms with Crippen molar-refractivity contribution in [2.24, 2.45) is 10.2 Å². The number of amidine groups is 1. The minimum atomic E-state index is -0.597. The summed E-state index contributed by atoms with van der Waals surface area (Å²) in [5, 5.41) is 32.0. The molecular formula is C16H12N4O5S2. The summed E-state index contributed by atoms with van der Waals surface area (Å²) in [4.78, 5) is 34.8. The third-order valence-corrected chi connectivity index (χ3v) is 5.49. The highest BCUT2D eigenvalue weighted by molar-refractivity contribution is 8.15. The number of hydrogen-bond acceptors (Lipinski definition) is 9. The van der Waals surface area contributed by atoms with Gasteiger partial charge in [0.2, 0.25) is 5.91 Å². The van der Waals surface area contributed by atoms with Gasteiger partial charge in [0, 0.05) is 24.1 Å². The van der Waals surface area contributed by atoms with E-state index >= 15 is 0 Å². The molecule has 3 rings (SSSR count). The molecule has 1 saturated heterocycles. The Morgan fingerprint density at radius 3 is 2.93 bits per heavy atom. The van der Waals surface area contributed by atoms with Crippen LogP contribution in [0.4, 0.5) is 5.69 Å². The number of thiophene rings is 1. The highest BCUT2D eigenvalue weighted by Crippen LogP contribution is 2.25. The van der Waals surface area contributed by atoms with E-state index in [0.29, 0.717) is 4.88 Å². The van der Waals surface area contributed by atoms with Gasteiger partial charge in [-0.1, -0.05) is 17.8 Å². The van der Waals surface area contributed by atoms with Crippen LogP contribution in [0.2, 0.25) is 0 Å². The van der Waals surface area contributed by atoms with Crippen LogP contribution in [0.3, 0.4) is 0 Å². The van der Waals surface area contributed by atoms with E-state index < -0.39 is 10.2 Å². The average molecular weight is 404 g/mol. The normalized spacial score (nSPS) is 18.1. The van der Waals surface area contributed by atoms with Crippen molar-refractivity contribution in [3.8, 4) is 5.75 Å². The topological polar surface area (TPSA) is 134 Å². The number of carbonyl (C=O) groups is 2. The average Bonchev–Trinajstić information content (AvgIpc) is 3.27. The number of nitro benzene ring substituents is 1. The van der Waals surface area contributed by atoms with Gasteiger partial charge in [-0.2, -0.15) is 5.10 Å². The number of ketones is 1. The number of thioether (sulfide) groups is 1. The van der Waals surface area contributed by atoms with Gasteiger partial charge in [-0.05, 0) is 17.5 Å². The molecule has 1 unspecified atom stereocenters. The fourth-order valence-corrected chi connectivity index (χ4v) is 3.79. The van der Waals surface area contributed by atoms with Crippen molar-refractivity contribution in [1.82, 2.24) is 5.32 Å². The third-order valence-electron chi connectivity index (χ3n) is 3.51. The van der Waals surface area contributed by atoms with Gasteiger partial charge in [0.05, 0.1) is 21.3 Å². The summed E-state index contributed by atoms with van der Waals surface area (Å²) in [6.07, 6.45) is 1.19. The molecule has 2 aromatic rings. The lowest BCUT2D eigenvalue weighted by Crippen LogP contribution is -2.26. The van der Waals surface area contributed by atoms with Crippen LogP contribution in [0, 0.1) is 10.1 Å². The van der Waals surface area contributed by atoms with Gasteiger partial charge in [0.25, 0.3) is 5.69 Å². The number of nitrogens with one attached hydrogen (secondary N) is 1. The van der Waals surface area contributed by atoms with E-state index in [1.54, 1.807) is 17.5 Å². The zero-order chi connectivity index (χ0) is 19.4. The zero-order valence-electron chi connectivity index (χ0n) is 13.6. The van der Waals surface area contributed by atoms with Crippen molar-refractivity contribution >= 4 is 51.9 Å². The second-order valence-electron chi connectivity index (χ2n) is 5.35. The molecule has 1 fully saturated rings. The standard InChI is InChI=1S/C16H12N4O5S2/c21-11-4-3-10(20(24)25)6-9(11)8-17-19-16-18-15(23)14(27-16)7-12(22)13-2-1-5-26-13/h1-6,8,14,21H,7H2,(H,18,19,23)/b17-8+. The maximum absolute atomic E-state index is 12.1. The molecule has 1 aromatic heterocycles. The number of phenolic OH excluding ortho intramolecular Hbond substituents is 1. The zero-order valence-corrected chi connectivity index (χ0v) is 15.2. The highest BCUT2D eigenvalue weighted by atomic mass is 32.2. The van der Waals surface area contributed by atoms with E-state index in [2.05, 4.69) is 15.5 Å². The molecule has 0 spiro atoms. The predicted octanol–water partition coefficient (Wildman–Crippen LogP) is 2.56. The summed E-state index contributed by atoms with van der Waals surface area (Å²) in [7, 11) is 0. The maximum atomic E-state index is 12.1. The van der Waals surface area contributed by atoms with Crippen LogP contribution >= 0.6 is 23.1 Å². The Morgan fingerprint density at radius 1 is 1.41 bits per heavy atom. The lowest BCUT2D eigenvalue weighted by atomic mass is 10.2. The number of non-ortho nitro benzene ring substituents is 1. The molecule has 0 aliphatic carbocycles. The summed E-state index contributed by atoms with van der Waals surface area (Å²) in [5.74, 6) is -0.645. The number of rotatable bonds is 6. The van der Waals surface area contributed by atoms with E-state index in [1.807, 2.05) is 0 Å². The molecule has 0 bridgehead atoms. The van der Waals surface area contributed by atoms with Crippen molar-refractivity contribution in [2.45, 2.75) is 11.7 Å². The smallest absolute Gasteiger partial charge is 0.270 e. The summed E-state index contributed by atoms with van der Waals surface area (Å²) >= 11 is 2.40. The van der Waals surface area contributed by atoms with Gasteiger partial charge >= 0.3 is 0 Å². The van der Waals surface area contributed by atoms with Crippen LogP contribution in [0.5, 0.6) is 5.75 Å². The Morgan fingerprint density at radius 2 is 2.22 bits per heavy atom. The minimum absolute atomic E-state index is 0.0470. The molecule has 11 heteroatoms. The lowest BCUT2D eigenvalue weighted by Gasteiger charge is -2.02. The number of Topliss-reactive ketones (excluding diaryl/α,β-unsaturated/α-hetero) is 1. The van der Waals surface area contributed by atoms with Crippen molar-refractivity contribution in [3.63, 3.8) is 0 Å². The van der Waals surface area contributed by atoms with Crippen LogP contribution in [-0.4, -0.2) is 38.4 Å². The Hall–Kier alpha value is -3.05. The first-order valence-corrected chi connectivity index (χ1v) is 9.32. The van der Waals surface area contributed by atoms with Crippen LogP contribution < -0.4 is 5.32 Å². The van der Waals surface area contributed by atoms with E-state index in [-0.39, 0.29) is 40.3 Å². The molecule has 1 aromatic carbocycles. The quantitative estimate of drug-likeness (QED) is 0.329. The Bertz CT molecular complexity index is 956. The molecule has 1 amide bonds. The first-order chi connectivity index (χ1) is 12.9. The fourth-order valence-electron chi connectivity index (χ4n) is 2.20. The van der Waals surface area contributed by atoms with Gasteiger partial charge in [-0.3, -0.25) is 19.7 Å². The second kappa shape index (κ2) is 8.10. The molecule has 1 aliphatic rings. The van der Waals surface area contributed by atoms with Crippen LogP contribution in [0.25, 0.3) is 0 Å². The molecule has 138 valence electrons. The van der Waals surface area contributed by atoms with Gasteiger partial charge < -0.3 is 10.4 Å². The van der Waals surface area contributed by atoms with Gasteiger partial charge in [0.15, 0.2) is 11.0 Å². The van der Waals surface area contributed by atoms with Crippen LogP contribution in [0.1, 0.15) is 21.7 Å². The predicted molar refractivity (Wildman–Crippen MR) is 103 cm³/mol. The number of hydrogen-bond donors (Lipinski definition) is 2. The second-order valence-corrected chi connectivity index (χ2v) is 7.49. The molecule has 0 radical (unpaired) electrons. The molecule has 0 saturated carbocycles. The number of phenols is 1. The Labute approximate surface area is 161 Å². The molecule has 9 nitrogen and oxygen atoms in total. The lowest BCUT2D eigenvalue weighted by molar-refractivity contribution is -0.384. The number of aromatic hydroxyl groups is 1. The number of benzene rings is 1. The van der Waals surface area contributed by atoms with Crippen LogP contribution in [-0.2, 0) is 4.79 Å². The molecule has 2 N–H and O–H groups in total. The Balaban J connectivity index is 1.66. The Kier molecular flexibility index (Phi) is 5.62. The first kappa shape index (κ1) is 18.7. The van der Waals surface area contributed by atoms with Crippen molar-refractivity contribution in [2.75, 3.05) is 0 Å². The van der Waals surface area contributed by atoms with E-state index in [1.165, 1.54) is 23.5 Å². The molecule has 2 heterocycles. The largest absolute Gasteiger partial charge is 0.507 e. The van der Waals surface area contributed by atoms with Crippen molar-refractivity contribution in [3.05, 3.63) is 56.3 Å². The van der Waals surface area contributed by atoms with Gasteiger partial charge in [-0.25, -0.2) is 0 Å². The van der Waals surface area contributed by atoms with Gasteiger partial charge in [-0.15, -0.1) is 16.4 Å². The third kappa shape index (κ3) is 4.57.